The summed E-state index contributed by atoms with van der Waals surface area (Å²) in [4.78, 5) is 22.3. The second-order valence-corrected chi connectivity index (χ2v) is 3.50. The highest BCUT2D eigenvalue weighted by Crippen LogP contribution is 2.21. The molecule has 16 heavy (non-hydrogen) atoms. The van der Waals surface area contributed by atoms with E-state index in [0.29, 0.717) is 12.0 Å². The Morgan fingerprint density at radius 2 is 1.88 bits per heavy atom. The minimum absolute atomic E-state index is 0.0503. The second kappa shape index (κ2) is 4.79. The van der Waals surface area contributed by atoms with Crippen LogP contribution in [0, 0.1) is 0 Å². The van der Waals surface area contributed by atoms with Crippen LogP contribution in [-0.4, -0.2) is 17.0 Å². The fourth-order valence-corrected chi connectivity index (χ4v) is 1.88. The van der Waals surface area contributed by atoms with Crippen molar-refractivity contribution in [1.29, 1.82) is 0 Å². The molecule has 4 heteroatoms. The van der Waals surface area contributed by atoms with E-state index in [1.54, 1.807) is 6.07 Å². The van der Waals surface area contributed by atoms with Crippen molar-refractivity contribution >= 4 is 11.9 Å². The van der Waals surface area contributed by atoms with Crippen molar-refractivity contribution in [3.63, 3.8) is 0 Å². The van der Waals surface area contributed by atoms with Crippen LogP contribution in [-0.2, 0) is 12.8 Å². The summed E-state index contributed by atoms with van der Waals surface area (Å²) in [5, 5.41) is 9.14. The molecule has 1 rings (SSSR count). The molecule has 0 unspecified atom stereocenters. The Balaban J connectivity index is 3.56. The van der Waals surface area contributed by atoms with Crippen LogP contribution in [0.4, 0.5) is 0 Å². The zero-order valence-electron chi connectivity index (χ0n) is 9.41. The molecule has 0 heterocycles. The molecule has 0 saturated heterocycles. The smallest absolute Gasteiger partial charge is 0.336 e. The lowest BCUT2D eigenvalue weighted by molar-refractivity contribution is 0.0690. The Labute approximate surface area is 94.1 Å². The first-order chi connectivity index (χ1) is 7.52. The summed E-state index contributed by atoms with van der Waals surface area (Å²) in [5.74, 6) is -1.80. The summed E-state index contributed by atoms with van der Waals surface area (Å²) < 4.78 is 0. The standard InChI is InChI=1S/C12H15NO3/c1-3-7-5-6-9(11(13)14)10(12(15)16)8(7)4-2/h5-6H,3-4H2,1-2H3,(H2,13,14)(H,15,16). The third kappa shape index (κ3) is 2.05. The Bertz CT molecular complexity index is 438. The average Bonchev–Trinajstić information content (AvgIpc) is 2.26. The summed E-state index contributed by atoms with van der Waals surface area (Å²) >= 11 is 0. The summed E-state index contributed by atoms with van der Waals surface area (Å²) in [6, 6.07) is 3.26. The van der Waals surface area contributed by atoms with Crippen molar-refractivity contribution in [1.82, 2.24) is 0 Å². The molecule has 1 aromatic rings. The normalized spacial score (nSPS) is 10.1. The van der Waals surface area contributed by atoms with Crippen molar-refractivity contribution in [3.05, 3.63) is 34.4 Å². The molecule has 1 amide bonds. The van der Waals surface area contributed by atoms with Gasteiger partial charge in [-0.25, -0.2) is 4.79 Å². The zero-order valence-corrected chi connectivity index (χ0v) is 9.41. The number of aromatic carboxylic acids is 1. The first-order valence-electron chi connectivity index (χ1n) is 5.20. The highest BCUT2D eigenvalue weighted by atomic mass is 16.4. The number of primary amides is 1. The number of carboxylic acid groups (broad SMARTS) is 1. The van der Waals surface area contributed by atoms with Crippen LogP contribution in [0.2, 0.25) is 0 Å². The van der Waals surface area contributed by atoms with Gasteiger partial charge in [-0.05, 0) is 30.0 Å². The van der Waals surface area contributed by atoms with Crippen LogP contribution in [0.25, 0.3) is 0 Å². The van der Waals surface area contributed by atoms with Crippen LogP contribution in [0.15, 0.2) is 12.1 Å². The van der Waals surface area contributed by atoms with Gasteiger partial charge in [-0.2, -0.15) is 0 Å². The number of amides is 1. The fraction of sp³-hybridized carbons (Fsp3) is 0.333. The van der Waals surface area contributed by atoms with Gasteiger partial charge in [-0.1, -0.05) is 19.9 Å². The van der Waals surface area contributed by atoms with E-state index in [1.807, 2.05) is 13.8 Å². The first-order valence-corrected chi connectivity index (χ1v) is 5.20. The molecule has 0 atom stereocenters. The predicted molar refractivity (Wildman–Crippen MR) is 60.7 cm³/mol. The maximum atomic E-state index is 11.2. The zero-order chi connectivity index (χ0) is 12.3. The topological polar surface area (TPSA) is 80.4 Å². The highest BCUT2D eigenvalue weighted by Gasteiger charge is 2.19. The van der Waals surface area contributed by atoms with Gasteiger partial charge in [-0.3, -0.25) is 4.79 Å². The number of nitrogens with two attached hydrogens (primary N) is 1. The molecule has 0 radical (unpaired) electrons. The average molecular weight is 221 g/mol. The van der Waals surface area contributed by atoms with Gasteiger partial charge in [0.2, 0.25) is 5.91 Å². The van der Waals surface area contributed by atoms with Gasteiger partial charge in [0.1, 0.15) is 0 Å². The Kier molecular flexibility index (Phi) is 3.66. The first kappa shape index (κ1) is 12.2. The van der Waals surface area contributed by atoms with Crippen molar-refractivity contribution in [2.45, 2.75) is 26.7 Å². The van der Waals surface area contributed by atoms with Crippen molar-refractivity contribution in [2.75, 3.05) is 0 Å². The SMILES string of the molecule is CCc1ccc(C(N)=O)c(C(=O)O)c1CC. The van der Waals surface area contributed by atoms with E-state index in [2.05, 4.69) is 0 Å². The quantitative estimate of drug-likeness (QED) is 0.810. The molecule has 0 bridgehead atoms. The maximum Gasteiger partial charge on any atom is 0.336 e. The molecular weight excluding hydrogens is 206 g/mol. The fourth-order valence-electron chi connectivity index (χ4n) is 1.88. The number of rotatable bonds is 4. The monoisotopic (exact) mass is 221 g/mol. The summed E-state index contributed by atoms with van der Waals surface area (Å²) in [6.45, 7) is 3.82. The Morgan fingerprint density at radius 3 is 2.25 bits per heavy atom. The minimum Gasteiger partial charge on any atom is -0.478 e. The predicted octanol–water partition coefficient (Wildman–Crippen LogP) is 1.61. The minimum atomic E-state index is -1.10. The summed E-state index contributed by atoms with van der Waals surface area (Å²) in [6.07, 6.45) is 1.31. The molecule has 0 fully saturated rings. The van der Waals surface area contributed by atoms with Gasteiger partial charge < -0.3 is 10.8 Å². The van der Waals surface area contributed by atoms with Crippen LogP contribution < -0.4 is 5.73 Å². The van der Waals surface area contributed by atoms with Gasteiger partial charge in [-0.15, -0.1) is 0 Å². The lowest BCUT2D eigenvalue weighted by Gasteiger charge is -2.12. The van der Waals surface area contributed by atoms with Crippen molar-refractivity contribution < 1.29 is 14.7 Å². The molecule has 0 aliphatic carbocycles. The second-order valence-electron chi connectivity index (χ2n) is 3.50. The van der Waals surface area contributed by atoms with Crippen molar-refractivity contribution in [2.24, 2.45) is 5.73 Å². The van der Waals surface area contributed by atoms with E-state index < -0.39 is 11.9 Å². The molecule has 86 valence electrons. The molecule has 0 spiro atoms. The van der Waals surface area contributed by atoms with Crippen LogP contribution >= 0.6 is 0 Å². The van der Waals surface area contributed by atoms with Gasteiger partial charge >= 0.3 is 5.97 Å². The van der Waals surface area contributed by atoms with E-state index in [9.17, 15) is 9.59 Å². The number of aryl methyl sites for hydroxylation is 1. The number of carboxylic acids is 1. The molecule has 4 nitrogen and oxygen atoms in total. The van der Waals surface area contributed by atoms with E-state index in [0.717, 1.165) is 12.0 Å². The largest absolute Gasteiger partial charge is 0.478 e. The molecule has 0 saturated carbocycles. The van der Waals surface area contributed by atoms with Crippen LogP contribution in [0.5, 0.6) is 0 Å². The molecule has 0 aliphatic heterocycles. The lowest BCUT2D eigenvalue weighted by Crippen LogP contribution is -2.19. The summed E-state index contributed by atoms with van der Waals surface area (Å²) in [5.41, 5.74) is 6.95. The Morgan fingerprint density at radius 1 is 1.25 bits per heavy atom. The lowest BCUT2D eigenvalue weighted by atomic mass is 9.92. The van der Waals surface area contributed by atoms with Gasteiger partial charge in [0.25, 0.3) is 0 Å². The van der Waals surface area contributed by atoms with Crippen LogP contribution in [0.3, 0.4) is 0 Å². The Hall–Kier alpha value is -1.84. The van der Waals surface area contributed by atoms with Gasteiger partial charge in [0.05, 0.1) is 11.1 Å². The number of hydrogen-bond donors (Lipinski definition) is 2. The summed E-state index contributed by atoms with van der Waals surface area (Å²) in [7, 11) is 0. The molecule has 0 aliphatic rings. The van der Waals surface area contributed by atoms with Crippen molar-refractivity contribution in [3.8, 4) is 0 Å². The van der Waals surface area contributed by atoms with E-state index >= 15 is 0 Å². The maximum absolute atomic E-state index is 11.2. The third-order valence-electron chi connectivity index (χ3n) is 2.62. The van der Waals surface area contributed by atoms with Gasteiger partial charge in [0, 0.05) is 0 Å². The number of carbonyl (C=O) groups is 2. The molecule has 1 aromatic carbocycles. The van der Waals surface area contributed by atoms with E-state index in [1.165, 1.54) is 6.07 Å². The third-order valence-corrected chi connectivity index (χ3v) is 2.62. The molecule has 3 N–H and O–H groups in total. The number of carbonyl (C=O) groups excluding carboxylic acids is 1. The molecular formula is C12H15NO3. The van der Waals surface area contributed by atoms with E-state index in [4.69, 9.17) is 10.8 Å². The number of hydrogen-bond acceptors (Lipinski definition) is 2. The van der Waals surface area contributed by atoms with E-state index in [-0.39, 0.29) is 11.1 Å². The van der Waals surface area contributed by atoms with Crippen LogP contribution in [0.1, 0.15) is 45.7 Å². The van der Waals surface area contributed by atoms with Gasteiger partial charge in [0.15, 0.2) is 0 Å². The molecule has 0 aromatic heterocycles. The highest BCUT2D eigenvalue weighted by molar-refractivity contribution is 6.05. The number of benzene rings is 1.